The van der Waals surface area contributed by atoms with E-state index < -0.39 is 16.5 Å². The summed E-state index contributed by atoms with van der Waals surface area (Å²) in [6, 6.07) is 0. The van der Waals surface area contributed by atoms with Gasteiger partial charge in [0.15, 0.2) is 0 Å². The lowest BCUT2D eigenvalue weighted by atomic mass is 10.7. The van der Waals surface area contributed by atoms with E-state index in [0.717, 1.165) is 0 Å². The lowest BCUT2D eigenvalue weighted by Gasteiger charge is -2.01. The van der Waals surface area contributed by atoms with Gasteiger partial charge in [-0.3, -0.25) is 9.13 Å². The summed E-state index contributed by atoms with van der Waals surface area (Å²) < 4.78 is 27.2. The van der Waals surface area contributed by atoms with Gasteiger partial charge in [0.25, 0.3) is 0 Å². The molecule has 0 saturated heterocycles. The molecule has 0 rings (SSSR count). The average molecular weight is 314 g/mol. The van der Waals surface area contributed by atoms with E-state index in [2.05, 4.69) is 0 Å². The second-order valence-corrected chi connectivity index (χ2v) is 3.37. The first kappa shape index (κ1) is 23.2. The van der Waals surface area contributed by atoms with E-state index in [1.165, 1.54) is 0 Å². The maximum atomic E-state index is 8.74. The molecule has 0 aromatic rings. The maximum absolute atomic E-state index is 8.74. The Morgan fingerprint density at radius 3 is 1.06 bits per heavy atom. The molecule has 0 heterocycles. The molecule has 0 bridgehead atoms. The molecule has 114 valence electrons. The van der Waals surface area contributed by atoms with Crippen LogP contribution >= 0.6 is 16.5 Å². The van der Waals surface area contributed by atoms with Gasteiger partial charge in [-0.25, -0.2) is 0 Å². The molecule has 0 saturated carbocycles. The fraction of sp³-hybridized carbons (Fsp3) is 1.00. The van der Waals surface area contributed by atoms with E-state index in [9.17, 15) is 0 Å². The normalized spacial score (nSPS) is 9.56. The Kier molecular flexibility index (Phi) is 28.8. The number of hydrogen-bond acceptors (Lipinski definition) is 6. The van der Waals surface area contributed by atoms with Gasteiger partial charge in [0, 0.05) is 0 Å². The first-order valence-corrected chi connectivity index (χ1v) is 7.20. The van der Waals surface area contributed by atoms with Crippen molar-refractivity contribution in [3.8, 4) is 0 Å². The van der Waals surface area contributed by atoms with Crippen molar-refractivity contribution < 1.29 is 48.4 Å². The van der Waals surface area contributed by atoms with Crippen molar-refractivity contribution in [2.45, 2.75) is 0 Å². The van der Waals surface area contributed by atoms with Crippen LogP contribution < -0.4 is 0 Å². The minimum absolute atomic E-state index is 0.0417. The van der Waals surface area contributed by atoms with Crippen LogP contribution in [-0.4, -0.2) is 69.4 Å². The Hall–Kier alpha value is 0.140. The highest BCUT2D eigenvalue weighted by molar-refractivity contribution is 7.31. The number of aliphatic hydroxyl groups excluding tert-OH is 2. The average Bonchev–Trinajstić information content (AvgIpc) is 2.22. The Bertz CT molecular complexity index is 161. The number of ether oxygens (including phenoxy) is 2. The first-order chi connectivity index (χ1) is 8.38. The van der Waals surface area contributed by atoms with Crippen molar-refractivity contribution in [3.63, 3.8) is 0 Å². The minimum Gasteiger partial charge on any atom is -0.394 e. The zero-order valence-corrected chi connectivity index (χ0v) is 11.6. The highest BCUT2D eigenvalue weighted by Crippen LogP contribution is 1.98. The second-order valence-electron chi connectivity index (χ2n) is 2.24. The zero-order valence-electron chi connectivity index (χ0n) is 9.56. The smallest absolute Gasteiger partial charge is 0.314 e. The molecule has 0 aliphatic rings. The molecule has 0 amide bonds. The zero-order chi connectivity index (χ0) is 14.8. The first-order valence-electron chi connectivity index (χ1n) is 4.59. The van der Waals surface area contributed by atoms with Gasteiger partial charge in [0.1, 0.15) is 0 Å². The molecule has 0 aliphatic carbocycles. The lowest BCUT2D eigenvalue weighted by molar-refractivity contribution is 0.0222. The van der Waals surface area contributed by atoms with Crippen molar-refractivity contribution >= 4 is 16.5 Å². The highest BCUT2D eigenvalue weighted by Gasteiger charge is 1.86. The van der Waals surface area contributed by atoms with Crippen LogP contribution in [0.3, 0.4) is 0 Å². The van der Waals surface area contributed by atoms with E-state index >= 15 is 0 Å². The van der Waals surface area contributed by atoms with Gasteiger partial charge in [-0.2, -0.15) is 0 Å². The highest BCUT2D eigenvalue weighted by atomic mass is 31.1. The number of aliphatic hydroxyl groups is 2. The van der Waals surface area contributed by atoms with Crippen molar-refractivity contribution in [2.75, 3.05) is 39.6 Å². The van der Waals surface area contributed by atoms with E-state index in [0.29, 0.717) is 26.4 Å². The van der Waals surface area contributed by atoms with E-state index in [1.807, 2.05) is 0 Å². The molecule has 0 aliphatic heterocycles. The molecular formula is C6H20O10P2. The van der Waals surface area contributed by atoms with E-state index in [1.54, 1.807) is 0 Å². The van der Waals surface area contributed by atoms with Crippen molar-refractivity contribution in [2.24, 2.45) is 0 Å². The summed E-state index contributed by atoms with van der Waals surface area (Å²) in [7, 11) is -6.26. The molecule has 0 radical (unpaired) electrons. The Balaban J connectivity index is -0.000000233. The molecule has 6 N–H and O–H groups in total. The fourth-order valence-corrected chi connectivity index (χ4v) is 0.451. The van der Waals surface area contributed by atoms with Gasteiger partial charge in [-0.15, -0.1) is 0 Å². The van der Waals surface area contributed by atoms with Crippen LogP contribution in [0.1, 0.15) is 0 Å². The topological polar surface area (TPSA) is 174 Å². The van der Waals surface area contributed by atoms with Crippen LogP contribution in [-0.2, 0) is 18.6 Å². The second kappa shape index (κ2) is 22.3. The SMILES string of the molecule is O=[PH](O)O.O=[PH](O)O.OCCOCCOCCO. The third kappa shape index (κ3) is 72.6. The molecule has 0 spiro atoms. The molecule has 18 heavy (non-hydrogen) atoms. The summed E-state index contributed by atoms with van der Waals surface area (Å²) in [5.74, 6) is 0. The van der Waals surface area contributed by atoms with E-state index in [4.69, 9.17) is 48.4 Å². The maximum Gasteiger partial charge on any atom is 0.314 e. The largest absolute Gasteiger partial charge is 0.394 e. The van der Waals surface area contributed by atoms with Crippen LogP contribution in [0.25, 0.3) is 0 Å². The summed E-state index contributed by atoms with van der Waals surface area (Å²) in [6.07, 6.45) is 0. The van der Waals surface area contributed by atoms with Crippen LogP contribution in [0, 0.1) is 0 Å². The third-order valence-corrected chi connectivity index (χ3v) is 0.843. The van der Waals surface area contributed by atoms with Crippen LogP contribution in [0.4, 0.5) is 0 Å². The van der Waals surface area contributed by atoms with Gasteiger partial charge in [-0.05, 0) is 0 Å². The molecule has 0 aromatic heterocycles. The molecule has 0 atom stereocenters. The van der Waals surface area contributed by atoms with Crippen LogP contribution in [0.5, 0.6) is 0 Å². The molecular weight excluding hydrogens is 294 g/mol. The molecule has 0 aromatic carbocycles. The van der Waals surface area contributed by atoms with E-state index in [-0.39, 0.29) is 13.2 Å². The third-order valence-electron chi connectivity index (χ3n) is 0.843. The van der Waals surface area contributed by atoms with Crippen LogP contribution in [0.15, 0.2) is 0 Å². The predicted molar refractivity (Wildman–Crippen MR) is 62.7 cm³/mol. The van der Waals surface area contributed by atoms with Crippen molar-refractivity contribution in [1.82, 2.24) is 0 Å². The fourth-order valence-electron chi connectivity index (χ4n) is 0.451. The minimum atomic E-state index is -3.13. The monoisotopic (exact) mass is 314 g/mol. The predicted octanol–water partition coefficient (Wildman–Crippen LogP) is -2.27. The Morgan fingerprint density at radius 2 is 0.889 bits per heavy atom. The Labute approximate surface area is 105 Å². The van der Waals surface area contributed by atoms with Gasteiger partial charge in [0.05, 0.1) is 39.6 Å². The standard InChI is InChI=1S/C6H14O4.2H3O3P/c7-1-3-9-5-6-10-4-2-8;2*1-4(2)3/h7-8H,1-6H2;2*4H,(H2,1,2,3). The quantitative estimate of drug-likeness (QED) is 0.222. The number of rotatable bonds is 7. The molecule has 12 heteroatoms. The van der Waals surface area contributed by atoms with Crippen LogP contribution in [0.2, 0.25) is 0 Å². The van der Waals surface area contributed by atoms with Crippen molar-refractivity contribution in [1.29, 1.82) is 0 Å². The molecule has 0 unspecified atom stereocenters. The summed E-state index contributed by atoms with van der Waals surface area (Å²) in [5, 5.41) is 16.5. The Morgan fingerprint density at radius 1 is 0.667 bits per heavy atom. The van der Waals surface area contributed by atoms with Crippen molar-refractivity contribution in [3.05, 3.63) is 0 Å². The van der Waals surface area contributed by atoms with Gasteiger partial charge >= 0.3 is 16.5 Å². The lowest BCUT2D eigenvalue weighted by Crippen LogP contribution is -2.09. The van der Waals surface area contributed by atoms with Gasteiger partial charge in [0.2, 0.25) is 0 Å². The molecule has 0 fully saturated rings. The number of hydrogen-bond donors (Lipinski definition) is 6. The summed E-state index contributed by atoms with van der Waals surface area (Å²) >= 11 is 0. The summed E-state index contributed by atoms with van der Waals surface area (Å²) in [4.78, 5) is 28.6. The van der Waals surface area contributed by atoms with Gasteiger partial charge in [-0.1, -0.05) is 0 Å². The molecule has 10 nitrogen and oxygen atoms in total. The van der Waals surface area contributed by atoms with Gasteiger partial charge < -0.3 is 39.3 Å². The summed E-state index contributed by atoms with van der Waals surface area (Å²) in [5.41, 5.74) is 0. The summed E-state index contributed by atoms with van der Waals surface area (Å²) in [6.45, 7) is 1.73.